The standard InChI is InChI=1S/C10H10Cl2N2OS/c11-6-2-8(13)9(3-7(6)12)14-4-5(16)1-10(14)15/h2-3,5,16H,1,4,13H2. The van der Waals surface area contributed by atoms with Crippen molar-refractivity contribution in [3.8, 4) is 0 Å². The first kappa shape index (κ1) is 11.9. The van der Waals surface area contributed by atoms with E-state index < -0.39 is 0 Å². The number of carbonyl (C=O) groups is 1. The van der Waals surface area contributed by atoms with Crippen molar-refractivity contribution in [2.24, 2.45) is 0 Å². The van der Waals surface area contributed by atoms with Crippen LogP contribution in [0.1, 0.15) is 6.42 Å². The van der Waals surface area contributed by atoms with Gasteiger partial charge in [0.05, 0.1) is 21.4 Å². The summed E-state index contributed by atoms with van der Waals surface area (Å²) in [7, 11) is 0. The van der Waals surface area contributed by atoms with Gasteiger partial charge in [-0.3, -0.25) is 4.79 Å². The highest BCUT2D eigenvalue weighted by molar-refractivity contribution is 7.81. The topological polar surface area (TPSA) is 46.3 Å². The minimum Gasteiger partial charge on any atom is -0.397 e. The molecule has 2 rings (SSSR count). The van der Waals surface area contributed by atoms with Gasteiger partial charge in [-0.2, -0.15) is 12.6 Å². The summed E-state index contributed by atoms with van der Waals surface area (Å²) in [5, 5.41) is 0.819. The number of rotatable bonds is 1. The average Bonchev–Trinajstić information content (AvgIpc) is 2.51. The van der Waals surface area contributed by atoms with Crippen LogP contribution in [0.25, 0.3) is 0 Å². The number of anilines is 2. The Balaban J connectivity index is 2.41. The lowest BCUT2D eigenvalue weighted by Gasteiger charge is -2.18. The fraction of sp³-hybridized carbons (Fsp3) is 0.300. The molecule has 0 aromatic heterocycles. The van der Waals surface area contributed by atoms with E-state index in [1.54, 1.807) is 17.0 Å². The van der Waals surface area contributed by atoms with Crippen LogP contribution in [0.2, 0.25) is 10.0 Å². The molecule has 3 nitrogen and oxygen atoms in total. The van der Waals surface area contributed by atoms with Crippen molar-refractivity contribution in [1.29, 1.82) is 0 Å². The number of halogens is 2. The molecule has 0 aliphatic carbocycles. The van der Waals surface area contributed by atoms with Crippen LogP contribution in [0.5, 0.6) is 0 Å². The van der Waals surface area contributed by atoms with Crippen LogP contribution in [0, 0.1) is 0 Å². The van der Waals surface area contributed by atoms with Gasteiger partial charge in [0.15, 0.2) is 0 Å². The van der Waals surface area contributed by atoms with Gasteiger partial charge in [-0.1, -0.05) is 23.2 Å². The highest BCUT2D eigenvalue weighted by atomic mass is 35.5. The van der Waals surface area contributed by atoms with Crippen LogP contribution in [-0.2, 0) is 4.79 Å². The number of amides is 1. The smallest absolute Gasteiger partial charge is 0.228 e. The Hall–Kier alpha value is -0.580. The molecule has 0 saturated carbocycles. The molecule has 6 heteroatoms. The van der Waals surface area contributed by atoms with Crippen molar-refractivity contribution in [3.63, 3.8) is 0 Å². The Kier molecular flexibility index (Phi) is 3.24. The zero-order chi connectivity index (χ0) is 11.9. The van der Waals surface area contributed by atoms with Crippen molar-refractivity contribution < 1.29 is 4.79 Å². The normalized spacial score (nSPS) is 20.6. The second-order valence-corrected chi connectivity index (χ2v) is 5.23. The van der Waals surface area contributed by atoms with E-state index in [1.165, 1.54) is 0 Å². The Morgan fingerprint density at radius 3 is 2.56 bits per heavy atom. The summed E-state index contributed by atoms with van der Waals surface area (Å²) in [6.45, 7) is 0.546. The van der Waals surface area contributed by atoms with E-state index in [-0.39, 0.29) is 11.2 Å². The van der Waals surface area contributed by atoms with E-state index in [1.807, 2.05) is 0 Å². The maximum absolute atomic E-state index is 11.7. The quantitative estimate of drug-likeness (QED) is 0.612. The monoisotopic (exact) mass is 276 g/mol. The molecule has 86 valence electrons. The second kappa shape index (κ2) is 4.35. The summed E-state index contributed by atoms with van der Waals surface area (Å²) in [4.78, 5) is 13.3. The molecule has 0 spiro atoms. The lowest BCUT2D eigenvalue weighted by Crippen LogP contribution is -2.25. The minimum atomic E-state index is 0.00471. The third kappa shape index (κ3) is 2.10. The Morgan fingerprint density at radius 2 is 2.00 bits per heavy atom. The molecular formula is C10H10Cl2N2OS. The molecule has 1 saturated heterocycles. The van der Waals surface area contributed by atoms with Gasteiger partial charge in [0.2, 0.25) is 5.91 Å². The molecule has 2 N–H and O–H groups in total. The number of hydrogen-bond acceptors (Lipinski definition) is 3. The largest absolute Gasteiger partial charge is 0.397 e. The molecule has 16 heavy (non-hydrogen) atoms. The van der Waals surface area contributed by atoms with Gasteiger partial charge >= 0.3 is 0 Å². The minimum absolute atomic E-state index is 0.00471. The Labute approximate surface area is 109 Å². The molecule has 1 heterocycles. The fourth-order valence-electron chi connectivity index (χ4n) is 1.71. The Morgan fingerprint density at radius 1 is 1.38 bits per heavy atom. The van der Waals surface area contributed by atoms with Gasteiger partial charge in [-0.15, -0.1) is 0 Å². The van der Waals surface area contributed by atoms with Crippen molar-refractivity contribution >= 4 is 53.1 Å². The van der Waals surface area contributed by atoms with Crippen LogP contribution >= 0.6 is 35.8 Å². The highest BCUT2D eigenvalue weighted by Crippen LogP contribution is 2.35. The molecule has 1 amide bonds. The SMILES string of the molecule is Nc1cc(Cl)c(Cl)cc1N1CC(S)CC1=O. The van der Waals surface area contributed by atoms with E-state index in [4.69, 9.17) is 28.9 Å². The predicted octanol–water partition coefficient (Wildman–Crippen LogP) is 2.61. The first-order valence-electron chi connectivity index (χ1n) is 4.72. The third-order valence-electron chi connectivity index (χ3n) is 2.47. The first-order valence-corrected chi connectivity index (χ1v) is 5.99. The van der Waals surface area contributed by atoms with E-state index in [2.05, 4.69) is 12.6 Å². The molecule has 1 fully saturated rings. The zero-order valence-electron chi connectivity index (χ0n) is 8.28. The molecule has 1 aliphatic heterocycles. The number of benzene rings is 1. The van der Waals surface area contributed by atoms with Crippen LogP contribution < -0.4 is 10.6 Å². The number of hydrogen-bond donors (Lipinski definition) is 2. The van der Waals surface area contributed by atoms with E-state index in [0.29, 0.717) is 34.4 Å². The van der Waals surface area contributed by atoms with Gasteiger partial charge < -0.3 is 10.6 Å². The molecule has 0 bridgehead atoms. The lowest BCUT2D eigenvalue weighted by molar-refractivity contribution is -0.117. The summed E-state index contributed by atoms with van der Waals surface area (Å²) in [6.07, 6.45) is 0.419. The third-order valence-corrected chi connectivity index (χ3v) is 3.53. The molecule has 1 aromatic carbocycles. The van der Waals surface area contributed by atoms with Gasteiger partial charge in [0.1, 0.15) is 0 Å². The van der Waals surface area contributed by atoms with E-state index in [0.717, 1.165) is 0 Å². The summed E-state index contributed by atoms with van der Waals surface area (Å²) < 4.78 is 0. The van der Waals surface area contributed by atoms with Gasteiger partial charge in [0.25, 0.3) is 0 Å². The maximum Gasteiger partial charge on any atom is 0.228 e. The van der Waals surface area contributed by atoms with E-state index >= 15 is 0 Å². The molecule has 0 radical (unpaired) electrons. The van der Waals surface area contributed by atoms with E-state index in [9.17, 15) is 4.79 Å². The molecule has 1 aromatic rings. The number of nitrogen functional groups attached to an aromatic ring is 1. The Bertz CT molecular complexity index is 453. The molecular weight excluding hydrogens is 267 g/mol. The lowest BCUT2D eigenvalue weighted by atomic mass is 10.2. The van der Waals surface area contributed by atoms with Crippen molar-refractivity contribution in [2.45, 2.75) is 11.7 Å². The van der Waals surface area contributed by atoms with Crippen molar-refractivity contribution in [2.75, 3.05) is 17.2 Å². The van der Waals surface area contributed by atoms with Gasteiger partial charge in [-0.05, 0) is 12.1 Å². The van der Waals surface area contributed by atoms with Gasteiger partial charge in [-0.25, -0.2) is 0 Å². The first-order chi connectivity index (χ1) is 7.49. The summed E-state index contributed by atoms with van der Waals surface area (Å²) in [5.74, 6) is 0.00471. The summed E-state index contributed by atoms with van der Waals surface area (Å²) >= 11 is 16.0. The molecule has 1 atom stereocenters. The molecule has 1 aliphatic rings. The van der Waals surface area contributed by atoms with Crippen LogP contribution in [-0.4, -0.2) is 17.7 Å². The molecule has 1 unspecified atom stereocenters. The number of nitrogens with zero attached hydrogens (tertiary/aromatic N) is 1. The summed E-state index contributed by atoms with van der Waals surface area (Å²) in [6, 6.07) is 3.17. The zero-order valence-corrected chi connectivity index (χ0v) is 10.7. The summed E-state index contributed by atoms with van der Waals surface area (Å²) in [5.41, 5.74) is 6.87. The van der Waals surface area contributed by atoms with Gasteiger partial charge in [0, 0.05) is 18.2 Å². The fourth-order valence-corrected chi connectivity index (χ4v) is 2.36. The van der Waals surface area contributed by atoms with Crippen LogP contribution in [0.15, 0.2) is 12.1 Å². The number of nitrogens with two attached hydrogens (primary N) is 1. The van der Waals surface area contributed by atoms with Crippen molar-refractivity contribution in [3.05, 3.63) is 22.2 Å². The average molecular weight is 277 g/mol. The number of carbonyl (C=O) groups excluding carboxylic acids is 1. The predicted molar refractivity (Wildman–Crippen MR) is 70.6 cm³/mol. The second-order valence-electron chi connectivity index (χ2n) is 3.69. The number of thiol groups is 1. The highest BCUT2D eigenvalue weighted by Gasteiger charge is 2.29. The van der Waals surface area contributed by atoms with Crippen LogP contribution in [0.3, 0.4) is 0 Å². The van der Waals surface area contributed by atoms with Crippen LogP contribution in [0.4, 0.5) is 11.4 Å². The maximum atomic E-state index is 11.7. The van der Waals surface area contributed by atoms with Crippen molar-refractivity contribution in [1.82, 2.24) is 0 Å².